The highest BCUT2D eigenvalue weighted by Gasteiger charge is 2.23. The van der Waals surface area contributed by atoms with Crippen molar-refractivity contribution in [1.29, 1.82) is 5.41 Å². The van der Waals surface area contributed by atoms with Crippen LogP contribution in [0.15, 0.2) is 71.7 Å². The van der Waals surface area contributed by atoms with E-state index in [1.165, 1.54) is 22.9 Å². The van der Waals surface area contributed by atoms with Gasteiger partial charge < -0.3 is 25.8 Å². The van der Waals surface area contributed by atoms with Crippen LogP contribution >= 0.6 is 0 Å². The van der Waals surface area contributed by atoms with Gasteiger partial charge in [-0.15, -0.1) is 0 Å². The molecule has 0 aliphatic heterocycles. The molecule has 194 valence electrons. The fraction of sp³-hybridized carbons (Fsp3) is 0.200. The largest absolute Gasteiger partial charge is 0.483 e. The zero-order chi connectivity index (χ0) is 26.8. The topological polar surface area (TPSA) is 181 Å². The van der Waals surface area contributed by atoms with Crippen LogP contribution in [0.3, 0.4) is 0 Å². The van der Waals surface area contributed by atoms with E-state index < -0.39 is 30.2 Å². The number of rotatable bonds is 12. The second kappa shape index (κ2) is 12.9. The lowest BCUT2D eigenvalue weighted by Crippen LogP contribution is -2.38. The number of primary amides is 1. The number of nitrogens with zero attached hydrogens (tertiary/aromatic N) is 1. The van der Waals surface area contributed by atoms with Gasteiger partial charge >= 0.3 is 0 Å². The number of ether oxygens (including phenoxy) is 2. The number of nitrogens with one attached hydrogen (secondary N) is 4. The Kier molecular flexibility index (Phi) is 9.35. The number of pyridine rings is 1. The molecule has 0 saturated heterocycles. The Balaban J connectivity index is 1.82. The second-order valence-corrected chi connectivity index (χ2v) is 7.72. The van der Waals surface area contributed by atoms with Crippen molar-refractivity contribution in [3.63, 3.8) is 0 Å². The van der Waals surface area contributed by atoms with Crippen molar-refractivity contribution in [2.75, 3.05) is 18.5 Å². The van der Waals surface area contributed by atoms with Crippen LogP contribution in [0.4, 0.5) is 11.4 Å². The molecule has 2 amide bonds. The van der Waals surface area contributed by atoms with Crippen molar-refractivity contribution in [3.8, 4) is 5.75 Å². The van der Waals surface area contributed by atoms with Gasteiger partial charge in [0, 0.05) is 36.2 Å². The monoisotopic (exact) mass is 508 g/mol. The number of carbonyl (C=O) groups is 2. The maximum Gasteiger partial charge on any atom is 0.276 e. The van der Waals surface area contributed by atoms with Gasteiger partial charge in [0.1, 0.15) is 17.3 Å². The molecule has 3 rings (SSSR count). The normalized spacial score (nSPS) is 11.3. The number of aromatic nitrogens is 1. The predicted octanol–water partition coefficient (Wildman–Crippen LogP) is 1.61. The van der Waals surface area contributed by atoms with E-state index in [1.807, 2.05) is 30.3 Å². The fourth-order valence-corrected chi connectivity index (χ4v) is 3.38. The number of benzene rings is 2. The van der Waals surface area contributed by atoms with E-state index >= 15 is 0 Å². The summed E-state index contributed by atoms with van der Waals surface area (Å²) < 4.78 is 12.2. The van der Waals surface area contributed by atoms with Gasteiger partial charge in [0.25, 0.3) is 17.4 Å². The average molecular weight is 509 g/mol. The molecule has 0 saturated carbocycles. The summed E-state index contributed by atoms with van der Waals surface area (Å²) in [5, 5.41) is 22.5. The molecule has 1 atom stereocenters. The number of nitrogens with two attached hydrogens (primary N) is 1. The van der Waals surface area contributed by atoms with Crippen molar-refractivity contribution in [1.82, 2.24) is 15.4 Å². The lowest BCUT2D eigenvalue weighted by Gasteiger charge is -2.21. The first-order valence-electron chi connectivity index (χ1n) is 11.3. The van der Waals surface area contributed by atoms with E-state index in [0.717, 1.165) is 0 Å². The Bertz CT molecular complexity index is 1310. The molecule has 0 bridgehead atoms. The molecule has 7 N–H and O–H groups in total. The zero-order valence-corrected chi connectivity index (χ0v) is 20.1. The molecule has 0 aliphatic carbocycles. The molecule has 1 heterocycles. The highest BCUT2D eigenvalue weighted by Crippen LogP contribution is 2.21. The Morgan fingerprint density at radius 3 is 2.57 bits per heavy atom. The minimum atomic E-state index is -1.25. The number of hydrogen-bond acceptors (Lipinski definition) is 8. The maximum absolute atomic E-state index is 13.1. The number of anilines is 2. The third-order valence-corrected chi connectivity index (χ3v) is 5.12. The van der Waals surface area contributed by atoms with Gasteiger partial charge in [-0.1, -0.05) is 30.3 Å². The van der Waals surface area contributed by atoms with Gasteiger partial charge in [0.15, 0.2) is 6.61 Å². The molecular formula is C25H28N6O6. The lowest BCUT2D eigenvalue weighted by atomic mass is 10.1. The lowest BCUT2D eigenvalue weighted by molar-refractivity contribution is -0.139. The summed E-state index contributed by atoms with van der Waals surface area (Å²) in [6.45, 7) is 1.39. The Morgan fingerprint density at radius 1 is 1.14 bits per heavy atom. The first-order chi connectivity index (χ1) is 17.8. The zero-order valence-electron chi connectivity index (χ0n) is 20.1. The summed E-state index contributed by atoms with van der Waals surface area (Å²) in [6.07, 6.45) is 0.207. The van der Waals surface area contributed by atoms with Gasteiger partial charge in [-0.25, -0.2) is 0 Å². The molecule has 0 unspecified atom stereocenters. The van der Waals surface area contributed by atoms with E-state index in [1.54, 1.807) is 30.6 Å². The van der Waals surface area contributed by atoms with Crippen molar-refractivity contribution >= 4 is 29.0 Å². The number of para-hydroxylation sites is 1. The highest BCUT2D eigenvalue weighted by molar-refractivity contribution is 5.96. The fourth-order valence-electron chi connectivity index (χ4n) is 3.38. The van der Waals surface area contributed by atoms with E-state index in [2.05, 4.69) is 10.6 Å². The summed E-state index contributed by atoms with van der Waals surface area (Å²) in [5.41, 5.74) is 8.16. The molecule has 1 aromatic heterocycles. The number of carbonyl (C=O) groups excluding carboxylic acids is 2. The van der Waals surface area contributed by atoms with Gasteiger partial charge in [-0.05, 0) is 37.3 Å². The molecular weight excluding hydrogens is 480 g/mol. The highest BCUT2D eigenvalue weighted by atomic mass is 16.5. The van der Waals surface area contributed by atoms with E-state index in [0.29, 0.717) is 11.3 Å². The number of amidine groups is 1. The summed E-state index contributed by atoms with van der Waals surface area (Å²) in [4.78, 5) is 37.4. The van der Waals surface area contributed by atoms with Crippen LogP contribution in [0, 0.1) is 5.41 Å². The van der Waals surface area contributed by atoms with E-state index in [9.17, 15) is 14.4 Å². The van der Waals surface area contributed by atoms with E-state index in [-0.39, 0.29) is 36.0 Å². The molecule has 2 aromatic carbocycles. The Hall–Kier alpha value is -4.68. The number of hydrogen-bond donors (Lipinski definition) is 6. The summed E-state index contributed by atoms with van der Waals surface area (Å²) >= 11 is 0. The van der Waals surface area contributed by atoms with Crippen LogP contribution in [0.2, 0.25) is 0 Å². The van der Waals surface area contributed by atoms with Crippen LogP contribution in [0.5, 0.6) is 5.75 Å². The van der Waals surface area contributed by atoms with Gasteiger partial charge in [-0.2, -0.15) is 0 Å². The minimum absolute atomic E-state index is 0.0482. The molecule has 0 spiro atoms. The number of hydroxylamine groups is 1. The van der Waals surface area contributed by atoms with Crippen LogP contribution in [-0.2, 0) is 20.9 Å². The second-order valence-electron chi connectivity index (χ2n) is 7.72. The molecule has 0 radical (unpaired) electrons. The quantitative estimate of drug-likeness (QED) is 0.121. The summed E-state index contributed by atoms with van der Waals surface area (Å²) in [6, 6.07) is 16.9. The first-order valence-corrected chi connectivity index (χ1v) is 11.3. The Labute approximate surface area is 212 Å². The standard InChI is InChI=1S/C25H28N6O6/c1-2-36-25(31-12-6-9-19(24(31)34)29-18-7-4-3-5-8-18)23(33)28-14-17-11-10-16(22(27)30-35)13-20(17)37-15-21(26)32/h3-13,25,29,35H,2,14-15H2,1H3,(H2,26,32)(H2,27,30)(H,28,33)/t25-/m0/s1. The third kappa shape index (κ3) is 7.16. The summed E-state index contributed by atoms with van der Waals surface area (Å²) in [5.74, 6) is -1.42. The molecule has 0 aliphatic rings. The number of amides is 2. The molecule has 12 nitrogen and oxygen atoms in total. The van der Waals surface area contributed by atoms with Crippen LogP contribution in [0.1, 0.15) is 24.3 Å². The molecule has 0 fully saturated rings. The maximum atomic E-state index is 13.1. The molecule has 12 heteroatoms. The predicted molar refractivity (Wildman–Crippen MR) is 136 cm³/mol. The third-order valence-electron chi connectivity index (χ3n) is 5.12. The Morgan fingerprint density at radius 2 is 1.89 bits per heavy atom. The average Bonchev–Trinajstić information content (AvgIpc) is 2.91. The van der Waals surface area contributed by atoms with E-state index in [4.69, 9.17) is 25.8 Å². The first kappa shape index (κ1) is 26.9. The van der Waals surface area contributed by atoms with Crippen molar-refractivity contribution in [2.45, 2.75) is 19.7 Å². The van der Waals surface area contributed by atoms with Crippen molar-refractivity contribution < 1.29 is 24.3 Å². The van der Waals surface area contributed by atoms with Crippen LogP contribution in [0.25, 0.3) is 0 Å². The minimum Gasteiger partial charge on any atom is -0.483 e. The van der Waals surface area contributed by atoms with Gasteiger partial charge in [0.2, 0.25) is 6.23 Å². The van der Waals surface area contributed by atoms with Crippen LogP contribution in [-0.4, -0.2) is 40.6 Å². The van der Waals surface area contributed by atoms with Gasteiger partial charge in [0.05, 0.1) is 0 Å². The van der Waals surface area contributed by atoms with Gasteiger partial charge in [-0.3, -0.25) is 35.0 Å². The van der Waals surface area contributed by atoms with Crippen molar-refractivity contribution in [3.05, 3.63) is 88.3 Å². The SMILES string of the molecule is CCO[C@@H](C(=O)NCc1ccc(C(=N)NO)cc1OCC(N)=O)n1cccc(Nc2ccccc2)c1=O. The van der Waals surface area contributed by atoms with Crippen LogP contribution < -0.4 is 32.1 Å². The smallest absolute Gasteiger partial charge is 0.276 e. The molecule has 37 heavy (non-hydrogen) atoms. The summed E-state index contributed by atoms with van der Waals surface area (Å²) in [7, 11) is 0. The molecule has 3 aromatic rings. The van der Waals surface area contributed by atoms with Crippen molar-refractivity contribution in [2.24, 2.45) is 5.73 Å².